The predicted molar refractivity (Wildman–Crippen MR) is 71.6 cm³/mol. The SMILES string of the molecule is COC(=O)/C(=C/N(C)C1(C)CC1)c1[nH]ccc1C=O. The van der Waals surface area contributed by atoms with Crippen molar-refractivity contribution < 1.29 is 14.3 Å². The van der Waals surface area contributed by atoms with Crippen LogP contribution in [0.2, 0.25) is 0 Å². The van der Waals surface area contributed by atoms with E-state index in [-0.39, 0.29) is 5.54 Å². The molecule has 0 spiro atoms. The van der Waals surface area contributed by atoms with Crippen LogP contribution in [0.25, 0.3) is 5.57 Å². The van der Waals surface area contributed by atoms with E-state index in [1.54, 1.807) is 18.5 Å². The number of H-pyrrole nitrogens is 1. The molecule has 1 fully saturated rings. The van der Waals surface area contributed by atoms with Gasteiger partial charge in [0.25, 0.3) is 0 Å². The van der Waals surface area contributed by atoms with E-state index in [2.05, 4.69) is 11.9 Å². The summed E-state index contributed by atoms with van der Waals surface area (Å²) in [7, 11) is 3.26. The standard InChI is InChI=1S/C14H18N2O3/c1-14(5-6-14)16(2)8-11(13(18)19-3)12-10(9-17)4-7-15-12/h4,7-9,15H,5-6H2,1-3H3/b11-8+. The monoisotopic (exact) mass is 262 g/mol. The second kappa shape index (κ2) is 4.91. The Morgan fingerprint density at radius 1 is 1.53 bits per heavy atom. The Morgan fingerprint density at radius 3 is 2.74 bits per heavy atom. The van der Waals surface area contributed by atoms with Crippen LogP contribution in [0.3, 0.4) is 0 Å². The third-order valence-corrected chi connectivity index (χ3v) is 3.73. The Morgan fingerprint density at radius 2 is 2.21 bits per heavy atom. The number of hydrogen-bond acceptors (Lipinski definition) is 4. The molecule has 0 aromatic carbocycles. The van der Waals surface area contributed by atoms with E-state index >= 15 is 0 Å². The highest BCUT2D eigenvalue weighted by Gasteiger charge is 2.40. The number of aldehydes is 1. The van der Waals surface area contributed by atoms with E-state index in [0.29, 0.717) is 16.8 Å². The summed E-state index contributed by atoms with van der Waals surface area (Å²) < 4.78 is 4.80. The topological polar surface area (TPSA) is 62.4 Å². The van der Waals surface area contributed by atoms with Crippen molar-refractivity contribution in [1.82, 2.24) is 9.88 Å². The lowest BCUT2D eigenvalue weighted by molar-refractivity contribution is -0.133. The van der Waals surface area contributed by atoms with Crippen molar-refractivity contribution in [1.29, 1.82) is 0 Å². The van der Waals surface area contributed by atoms with Gasteiger partial charge in [-0.2, -0.15) is 0 Å². The Balaban J connectivity index is 2.39. The molecule has 2 rings (SSSR count). The summed E-state index contributed by atoms with van der Waals surface area (Å²) in [5.41, 5.74) is 1.42. The van der Waals surface area contributed by atoms with E-state index < -0.39 is 5.97 Å². The second-order valence-corrected chi connectivity index (χ2v) is 5.07. The summed E-state index contributed by atoms with van der Waals surface area (Å²) in [5, 5.41) is 0. The highest BCUT2D eigenvalue weighted by molar-refractivity contribution is 6.17. The summed E-state index contributed by atoms with van der Waals surface area (Å²) in [6.07, 6.45) is 6.30. The van der Waals surface area contributed by atoms with Crippen molar-refractivity contribution in [3.63, 3.8) is 0 Å². The van der Waals surface area contributed by atoms with Crippen molar-refractivity contribution in [3.8, 4) is 0 Å². The molecule has 1 aliphatic carbocycles. The zero-order valence-corrected chi connectivity index (χ0v) is 11.4. The van der Waals surface area contributed by atoms with E-state index in [4.69, 9.17) is 4.74 Å². The Hall–Kier alpha value is -2.04. The van der Waals surface area contributed by atoms with Crippen LogP contribution in [0.5, 0.6) is 0 Å². The zero-order valence-electron chi connectivity index (χ0n) is 11.4. The molecule has 19 heavy (non-hydrogen) atoms. The molecule has 102 valence electrons. The van der Waals surface area contributed by atoms with E-state index in [1.807, 2.05) is 11.9 Å². The molecule has 1 aromatic heterocycles. The largest absolute Gasteiger partial charge is 0.465 e. The zero-order chi connectivity index (χ0) is 14.0. The lowest BCUT2D eigenvalue weighted by Gasteiger charge is -2.23. The average Bonchev–Trinajstić information content (AvgIpc) is 3.00. The molecule has 0 unspecified atom stereocenters. The number of methoxy groups -OCH3 is 1. The Labute approximate surface area is 112 Å². The summed E-state index contributed by atoms with van der Waals surface area (Å²) in [4.78, 5) is 27.8. The van der Waals surface area contributed by atoms with Gasteiger partial charge in [-0.15, -0.1) is 0 Å². The maximum atomic E-state index is 11.9. The molecule has 0 atom stereocenters. The number of nitrogens with zero attached hydrogens (tertiary/aromatic N) is 1. The fourth-order valence-corrected chi connectivity index (χ4v) is 1.93. The molecule has 0 aliphatic heterocycles. The van der Waals surface area contributed by atoms with Gasteiger partial charge in [0.05, 0.1) is 18.4 Å². The van der Waals surface area contributed by atoms with Gasteiger partial charge in [-0.05, 0) is 25.8 Å². The van der Waals surface area contributed by atoms with E-state index in [1.165, 1.54) is 7.11 Å². The van der Waals surface area contributed by atoms with Gasteiger partial charge in [-0.1, -0.05) is 0 Å². The minimum atomic E-state index is -0.457. The maximum absolute atomic E-state index is 11.9. The maximum Gasteiger partial charge on any atom is 0.341 e. The van der Waals surface area contributed by atoms with Crippen molar-refractivity contribution in [2.24, 2.45) is 0 Å². The summed E-state index contributed by atoms with van der Waals surface area (Å²) in [6, 6.07) is 1.64. The summed E-state index contributed by atoms with van der Waals surface area (Å²) >= 11 is 0. The van der Waals surface area contributed by atoms with Gasteiger partial charge in [0.1, 0.15) is 0 Å². The number of esters is 1. The van der Waals surface area contributed by atoms with Gasteiger partial charge < -0.3 is 14.6 Å². The molecule has 5 heteroatoms. The number of carbonyl (C=O) groups excluding carboxylic acids is 2. The van der Waals surface area contributed by atoms with Crippen molar-refractivity contribution in [2.75, 3.05) is 14.2 Å². The van der Waals surface area contributed by atoms with Crippen LogP contribution in [0.4, 0.5) is 0 Å². The molecule has 0 saturated heterocycles. The number of nitrogens with one attached hydrogen (secondary N) is 1. The quantitative estimate of drug-likeness (QED) is 0.499. The first-order valence-electron chi connectivity index (χ1n) is 6.18. The molecule has 0 bridgehead atoms. The Bertz CT molecular complexity index is 527. The van der Waals surface area contributed by atoms with Crippen LogP contribution < -0.4 is 0 Å². The van der Waals surface area contributed by atoms with Crippen LogP contribution in [0, 0.1) is 0 Å². The van der Waals surface area contributed by atoms with Crippen LogP contribution in [0.1, 0.15) is 35.8 Å². The highest BCUT2D eigenvalue weighted by Crippen LogP contribution is 2.41. The number of ether oxygens (including phenoxy) is 1. The molecule has 1 aromatic rings. The first-order valence-corrected chi connectivity index (χ1v) is 6.18. The number of aromatic amines is 1. The predicted octanol–water partition coefficient (Wildman–Crippen LogP) is 1.83. The molecule has 1 heterocycles. The van der Waals surface area contributed by atoms with Crippen molar-refractivity contribution in [3.05, 3.63) is 29.7 Å². The van der Waals surface area contributed by atoms with Gasteiger partial charge in [-0.3, -0.25) is 4.79 Å². The molecule has 1 saturated carbocycles. The van der Waals surface area contributed by atoms with E-state index in [9.17, 15) is 9.59 Å². The van der Waals surface area contributed by atoms with Crippen LogP contribution in [0.15, 0.2) is 18.5 Å². The fraction of sp³-hybridized carbons (Fsp3) is 0.429. The first-order chi connectivity index (χ1) is 9.01. The van der Waals surface area contributed by atoms with E-state index in [0.717, 1.165) is 19.1 Å². The van der Waals surface area contributed by atoms with Gasteiger partial charge in [-0.25, -0.2) is 4.79 Å². The number of hydrogen-bond donors (Lipinski definition) is 1. The molecule has 1 N–H and O–H groups in total. The van der Waals surface area contributed by atoms with Gasteiger partial charge in [0, 0.05) is 30.5 Å². The lowest BCUT2D eigenvalue weighted by atomic mass is 10.1. The van der Waals surface area contributed by atoms with Crippen LogP contribution >= 0.6 is 0 Å². The number of aromatic nitrogens is 1. The van der Waals surface area contributed by atoms with Crippen LogP contribution in [-0.2, 0) is 9.53 Å². The molecule has 0 radical (unpaired) electrons. The minimum Gasteiger partial charge on any atom is -0.465 e. The Kier molecular flexibility index (Phi) is 3.46. The minimum absolute atomic E-state index is 0.104. The molecule has 5 nitrogen and oxygen atoms in total. The average molecular weight is 262 g/mol. The molecular formula is C14H18N2O3. The second-order valence-electron chi connectivity index (χ2n) is 5.07. The number of rotatable bonds is 5. The smallest absolute Gasteiger partial charge is 0.341 e. The third kappa shape index (κ3) is 2.54. The molecular weight excluding hydrogens is 244 g/mol. The summed E-state index contributed by atoms with van der Waals surface area (Å²) in [5.74, 6) is -0.457. The molecule has 1 aliphatic rings. The fourth-order valence-electron chi connectivity index (χ4n) is 1.93. The first kappa shape index (κ1) is 13.4. The summed E-state index contributed by atoms with van der Waals surface area (Å²) in [6.45, 7) is 2.13. The van der Waals surface area contributed by atoms with Gasteiger partial charge in [0.2, 0.25) is 0 Å². The van der Waals surface area contributed by atoms with Crippen molar-refractivity contribution >= 4 is 17.8 Å². The van der Waals surface area contributed by atoms with Crippen molar-refractivity contribution in [2.45, 2.75) is 25.3 Å². The van der Waals surface area contributed by atoms with Crippen LogP contribution in [-0.4, -0.2) is 41.8 Å². The molecule has 0 amide bonds. The third-order valence-electron chi connectivity index (χ3n) is 3.73. The lowest BCUT2D eigenvalue weighted by Crippen LogP contribution is -2.26. The number of carbonyl (C=O) groups is 2. The van der Waals surface area contributed by atoms with Gasteiger partial charge >= 0.3 is 5.97 Å². The van der Waals surface area contributed by atoms with Gasteiger partial charge in [0.15, 0.2) is 6.29 Å². The highest BCUT2D eigenvalue weighted by atomic mass is 16.5. The normalized spacial score (nSPS) is 16.9.